The maximum atomic E-state index is 10.9. The molecule has 0 spiro atoms. The van der Waals surface area contributed by atoms with E-state index >= 15 is 0 Å². The zero-order chi connectivity index (χ0) is 16.2. The Balaban J connectivity index is 1.81. The van der Waals surface area contributed by atoms with Gasteiger partial charge in [-0.05, 0) is 18.2 Å². The fourth-order valence-electron chi connectivity index (χ4n) is 1.58. The van der Waals surface area contributed by atoms with Crippen molar-refractivity contribution in [2.75, 3.05) is 12.4 Å². The van der Waals surface area contributed by atoms with Gasteiger partial charge < -0.3 is 14.3 Å². The lowest BCUT2D eigenvalue weighted by Crippen LogP contribution is -2.11. The van der Waals surface area contributed by atoms with Gasteiger partial charge in [-0.3, -0.25) is 0 Å². The summed E-state index contributed by atoms with van der Waals surface area (Å²) in [5.74, 6) is 0.787. The highest BCUT2D eigenvalue weighted by atomic mass is 32.2. The van der Waals surface area contributed by atoms with Crippen LogP contribution in [-0.4, -0.2) is 33.6 Å². The van der Waals surface area contributed by atoms with Crippen LogP contribution in [-0.2, 0) is 5.41 Å². The van der Waals surface area contributed by atoms with Crippen LogP contribution in [0.3, 0.4) is 0 Å². The number of nitrogens with zero attached hydrogens (tertiary/aromatic N) is 2. The predicted molar refractivity (Wildman–Crippen MR) is 82.6 cm³/mol. The van der Waals surface area contributed by atoms with Crippen LogP contribution in [0.1, 0.15) is 37.0 Å². The van der Waals surface area contributed by atoms with Crippen molar-refractivity contribution in [1.29, 1.82) is 0 Å². The van der Waals surface area contributed by atoms with Gasteiger partial charge in [0.2, 0.25) is 5.89 Å². The Hall–Kier alpha value is -2.02. The van der Waals surface area contributed by atoms with Crippen LogP contribution in [0, 0.1) is 0 Å². The maximum Gasteiger partial charge on any atom is 0.335 e. The zero-order valence-corrected chi connectivity index (χ0v) is 13.5. The molecule has 0 aliphatic heterocycles. The molecule has 0 saturated carbocycles. The predicted octanol–water partition coefficient (Wildman–Crippen LogP) is 3.24. The minimum absolute atomic E-state index is 0.167. The lowest BCUT2D eigenvalue weighted by atomic mass is 9.97. The molecule has 0 bridgehead atoms. The number of ether oxygens (including phenoxy) is 1. The molecule has 7 heteroatoms. The Kier molecular flexibility index (Phi) is 5.07. The molecule has 0 aliphatic carbocycles. The second-order valence-corrected chi connectivity index (χ2v) is 6.70. The van der Waals surface area contributed by atoms with Gasteiger partial charge in [0.1, 0.15) is 5.75 Å². The minimum Gasteiger partial charge on any atom is -0.493 e. The highest BCUT2D eigenvalue weighted by molar-refractivity contribution is 7.99. The van der Waals surface area contributed by atoms with E-state index in [-0.39, 0.29) is 11.0 Å². The molecule has 1 heterocycles. The molecule has 0 saturated heterocycles. The molecular weight excluding hydrogens is 304 g/mol. The molecule has 0 fully saturated rings. The van der Waals surface area contributed by atoms with Gasteiger partial charge in [-0.25, -0.2) is 4.79 Å². The molecular formula is C15H18N2O4S. The summed E-state index contributed by atoms with van der Waals surface area (Å²) in [6.45, 7) is 6.44. The SMILES string of the molecule is CC(C)(C)c1nnc(SCCOc2cccc(C(=O)O)c2)o1. The monoisotopic (exact) mass is 322 g/mol. The van der Waals surface area contributed by atoms with E-state index in [9.17, 15) is 4.79 Å². The first-order valence-corrected chi connectivity index (χ1v) is 7.78. The van der Waals surface area contributed by atoms with Crippen molar-refractivity contribution in [1.82, 2.24) is 10.2 Å². The number of carboxylic acids is 1. The lowest BCUT2D eigenvalue weighted by Gasteiger charge is -2.10. The number of rotatable bonds is 6. The molecule has 1 aromatic carbocycles. The second-order valence-electron chi connectivity index (χ2n) is 5.65. The van der Waals surface area contributed by atoms with E-state index in [1.54, 1.807) is 12.1 Å². The summed E-state index contributed by atoms with van der Waals surface area (Å²) < 4.78 is 11.1. The van der Waals surface area contributed by atoms with E-state index in [0.717, 1.165) is 0 Å². The van der Waals surface area contributed by atoms with Crippen LogP contribution in [0.25, 0.3) is 0 Å². The summed E-state index contributed by atoms with van der Waals surface area (Å²) in [6.07, 6.45) is 0. The molecule has 6 nitrogen and oxygen atoms in total. The number of hydrogen-bond donors (Lipinski definition) is 1. The number of thioether (sulfide) groups is 1. The highest BCUT2D eigenvalue weighted by Gasteiger charge is 2.21. The summed E-state index contributed by atoms with van der Waals surface area (Å²) in [5, 5.41) is 17.4. The van der Waals surface area contributed by atoms with Crippen molar-refractivity contribution in [3.63, 3.8) is 0 Å². The van der Waals surface area contributed by atoms with E-state index in [1.807, 2.05) is 20.8 Å². The van der Waals surface area contributed by atoms with E-state index in [2.05, 4.69) is 10.2 Å². The molecule has 0 atom stereocenters. The summed E-state index contributed by atoms with van der Waals surface area (Å²) in [5.41, 5.74) is 0.0384. The zero-order valence-electron chi connectivity index (χ0n) is 12.7. The van der Waals surface area contributed by atoms with E-state index in [4.69, 9.17) is 14.3 Å². The van der Waals surface area contributed by atoms with Gasteiger partial charge in [-0.1, -0.05) is 38.6 Å². The molecule has 118 valence electrons. The third-order valence-electron chi connectivity index (χ3n) is 2.71. The summed E-state index contributed by atoms with van der Waals surface area (Å²) in [6, 6.07) is 6.40. The molecule has 0 amide bonds. The average Bonchev–Trinajstić information content (AvgIpc) is 2.93. The van der Waals surface area contributed by atoms with Gasteiger partial charge in [-0.15, -0.1) is 10.2 Å². The van der Waals surface area contributed by atoms with Crippen molar-refractivity contribution in [3.8, 4) is 5.75 Å². The first kappa shape index (κ1) is 16.4. The third kappa shape index (κ3) is 4.49. The fourth-order valence-corrected chi connectivity index (χ4v) is 2.16. The number of benzene rings is 1. The Morgan fingerprint density at radius 3 is 2.77 bits per heavy atom. The highest BCUT2D eigenvalue weighted by Crippen LogP contribution is 2.24. The van der Waals surface area contributed by atoms with Gasteiger partial charge >= 0.3 is 5.97 Å². The van der Waals surface area contributed by atoms with E-state index < -0.39 is 5.97 Å². The normalized spacial score (nSPS) is 11.4. The van der Waals surface area contributed by atoms with Crippen molar-refractivity contribution in [3.05, 3.63) is 35.7 Å². The van der Waals surface area contributed by atoms with Gasteiger partial charge in [0.25, 0.3) is 5.22 Å². The van der Waals surface area contributed by atoms with Crippen LogP contribution in [0.5, 0.6) is 5.75 Å². The van der Waals surface area contributed by atoms with Crippen LogP contribution >= 0.6 is 11.8 Å². The number of aromatic carboxylic acids is 1. The Morgan fingerprint density at radius 1 is 1.36 bits per heavy atom. The fraction of sp³-hybridized carbons (Fsp3) is 0.400. The van der Waals surface area contributed by atoms with Crippen molar-refractivity contribution in [2.45, 2.75) is 31.4 Å². The average molecular weight is 322 g/mol. The molecule has 2 rings (SSSR count). The molecule has 2 aromatic rings. The summed E-state index contributed by atoms with van der Waals surface area (Å²) in [4.78, 5) is 10.9. The van der Waals surface area contributed by atoms with Crippen molar-refractivity contribution < 1.29 is 19.1 Å². The van der Waals surface area contributed by atoms with E-state index in [1.165, 1.54) is 23.9 Å². The van der Waals surface area contributed by atoms with Gasteiger partial charge in [-0.2, -0.15) is 0 Å². The Morgan fingerprint density at radius 2 is 2.14 bits per heavy atom. The molecule has 1 aromatic heterocycles. The number of hydrogen-bond acceptors (Lipinski definition) is 6. The van der Waals surface area contributed by atoms with Crippen LogP contribution in [0.2, 0.25) is 0 Å². The molecule has 0 unspecified atom stereocenters. The topological polar surface area (TPSA) is 85.5 Å². The Labute approximate surface area is 132 Å². The standard InChI is InChI=1S/C15H18N2O4S/c1-15(2,3)13-16-17-14(21-13)22-8-7-20-11-6-4-5-10(9-11)12(18)19/h4-6,9H,7-8H2,1-3H3,(H,18,19). The first-order valence-electron chi connectivity index (χ1n) is 6.79. The number of carbonyl (C=O) groups is 1. The van der Waals surface area contributed by atoms with Gasteiger partial charge in [0, 0.05) is 11.2 Å². The molecule has 1 N–H and O–H groups in total. The van der Waals surface area contributed by atoms with Crippen LogP contribution < -0.4 is 4.74 Å². The molecule has 22 heavy (non-hydrogen) atoms. The van der Waals surface area contributed by atoms with Crippen molar-refractivity contribution in [2.24, 2.45) is 0 Å². The van der Waals surface area contributed by atoms with E-state index in [0.29, 0.717) is 29.2 Å². The molecule has 0 aliphatic rings. The molecule has 0 radical (unpaired) electrons. The Bertz CT molecular complexity index is 649. The van der Waals surface area contributed by atoms with Crippen LogP contribution in [0.15, 0.2) is 33.9 Å². The summed E-state index contributed by atoms with van der Waals surface area (Å²) >= 11 is 1.41. The first-order chi connectivity index (χ1) is 10.4. The smallest absolute Gasteiger partial charge is 0.335 e. The van der Waals surface area contributed by atoms with Crippen LogP contribution in [0.4, 0.5) is 0 Å². The second kappa shape index (κ2) is 6.83. The van der Waals surface area contributed by atoms with Gasteiger partial charge in [0.15, 0.2) is 0 Å². The van der Waals surface area contributed by atoms with Crippen molar-refractivity contribution >= 4 is 17.7 Å². The minimum atomic E-state index is -0.972. The summed E-state index contributed by atoms with van der Waals surface area (Å²) in [7, 11) is 0. The lowest BCUT2D eigenvalue weighted by molar-refractivity contribution is 0.0696. The quantitative estimate of drug-likeness (QED) is 0.645. The van der Waals surface area contributed by atoms with Gasteiger partial charge in [0.05, 0.1) is 12.2 Å². The largest absolute Gasteiger partial charge is 0.493 e. The number of carboxylic acid groups (broad SMARTS) is 1. The number of aromatic nitrogens is 2. The maximum absolute atomic E-state index is 10.9. The third-order valence-corrected chi connectivity index (χ3v) is 3.49.